The van der Waals surface area contributed by atoms with Gasteiger partial charge in [0.25, 0.3) is 0 Å². The molecule has 4 aromatic carbocycles. The third-order valence-corrected chi connectivity index (χ3v) is 7.21. The minimum Gasteiger partial charge on any atom is -0.353 e. The highest BCUT2D eigenvalue weighted by atomic mass is 35.5. The predicted octanol–water partition coefficient (Wildman–Crippen LogP) is 10.6. The summed E-state index contributed by atoms with van der Waals surface area (Å²) in [7, 11) is 0. The second-order valence-electron chi connectivity index (χ2n) is 10.3. The molecule has 0 amide bonds. The van der Waals surface area contributed by atoms with E-state index >= 15 is 0 Å². The van der Waals surface area contributed by atoms with Crippen LogP contribution in [0.15, 0.2) is 97.1 Å². The van der Waals surface area contributed by atoms with Gasteiger partial charge in [0.15, 0.2) is 5.78 Å². The molecule has 0 bridgehead atoms. The molecule has 1 atom stereocenters. The standard InChI is InChI=1S/C18H20O.C16H17Cl2N/c1-13(2)14(3)16-10-7-11-17(12-16)18(19)15-8-5-4-6-9-15;1-11(2)10-12-6-3-4-9-15(12)19-16-13(17)7-5-8-14(16)18/h4-14H,1-3H3;3-9,11,19H,10H2,1-2H3. The molecular weight excluding hydrogens is 509 g/mol. The van der Waals surface area contributed by atoms with Crippen molar-refractivity contribution in [3.63, 3.8) is 0 Å². The first-order chi connectivity index (χ1) is 18.2. The highest BCUT2D eigenvalue weighted by Gasteiger charge is 2.14. The maximum absolute atomic E-state index is 12.4. The van der Waals surface area contributed by atoms with Gasteiger partial charge in [0.1, 0.15) is 0 Å². The van der Waals surface area contributed by atoms with Gasteiger partial charge < -0.3 is 5.32 Å². The SMILES string of the molecule is CC(C)C(C)c1cccc(C(=O)c2ccccc2)c1.CC(C)Cc1ccccc1Nc1c(Cl)cccc1Cl. The highest BCUT2D eigenvalue weighted by molar-refractivity contribution is 6.39. The van der Waals surface area contributed by atoms with Crippen molar-refractivity contribution in [2.24, 2.45) is 11.8 Å². The lowest BCUT2D eigenvalue weighted by Crippen LogP contribution is -2.05. The molecule has 198 valence electrons. The minimum absolute atomic E-state index is 0.0957. The Morgan fingerprint density at radius 1 is 0.711 bits per heavy atom. The van der Waals surface area contributed by atoms with Crippen LogP contribution in [0.5, 0.6) is 0 Å². The number of nitrogens with one attached hydrogen (secondary N) is 1. The Bertz CT molecular complexity index is 1310. The van der Waals surface area contributed by atoms with Crippen molar-refractivity contribution < 1.29 is 4.79 Å². The fourth-order valence-electron chi connectivity index (χ4n) is 4.12. The van der Waals surface area contributed by atoms with E-state index in [4.69, 9.17) is 23.2 Å². The largest absolute Gasteiger partial charge is 0.353 e. The number of rotatable bonds is 8. The average molecular weight is 547 g/mol. The van der Waals surface area contributed by atoms with E-state index in [1.54, 1.807) is 0 Å². The van der Waals surface area contributed by atoms with Gasteiger partial charge in [0, 0.05) is 16.8 Å². The molecule has 4 rings (SSSR count). The first-order valence-electron chi connectivity index (χ1n) is 13.2. The van der Waals surface area contributed by atoms with Crippen LogP contribution in [0.2, 0.25) is 10.0 Å². The Hall–Kier alpha value is -3.07. The van der Waals surface area contributed by atoms with Gasteiger partial charge in [-0.3, -0.25) is 4.79 Å². The number of benzene rings is 4. The number of carbonyl (C=O) groups is 1. The monoisotopic (exact) mass is 545 g/mol. The van der Waals surface area contributed by atoms with Crippen molar-refractivity contribution in [1.29, 1.82) is 0 Å². The van der Waals surface area contributed by atoms with Gasteiger partial charge in [-0.2, -0.15) is 0 Å². The van der Waals surface area contributed by atoms with Gasteiger partial charge in [-0.15, -0.1) is 0 Å². The van der Waals surface area contributed by atoms with Crippen LogP contribution >= 0.6 is 23.2 Å². The Morgan fingerprint density at radius 3 is 1.92 bits per heavy atom. The van der Waals surface area contributed by atoms with E-state index in [9.17, 15) is 4.79 Å². The average Bonchev–Trinajstić information content (AvgIpc) is 2.91. The first kappa shape index (κ1) is 29.5. The third kappa shape index (κ3) is 8.21. The maximum Gasteiger partial charge on any atom is 0.193 e. The summed E-state index contributed by atoms with van der Waals surface area (Å²) in [4.78, 5) is 12.4. The van der Waals surface area contributed by atoms with Gasteiger partial charge in [-0.05, 0) is 59.6 Å². The van der Waals surface area contributed by atoms with E-state index in [1.807, 2.05) is 72.8 Å². The topological polar surface area (TPSA) is 29.1 Å². The number of hydrogen-bond acceptors (Lipinski definition) is 2. The molecule has 2 nitrogen and oxygen atoms in total. The van der Waals surface area contributed by atoms with E-state index in [2.05, 4.69) is 64.2 Å². The predicted molar refractivity (Wildman–Crippen MR) is 164 cm³/mol. The van der Waals surface area contributed by atoms with Gasteiger partial charge in [0.05, 0.1) is 15.7 Å². The first-order valence-corrected chi connectivity index (χ1v) is 13.9. The zero-order valence-electron chi connectivity index (χ0n) is 22.8. The minimum atomic E-state index is 0.0957. The second kappa shape index (κ2) is 14.2. The molecule has 38 heavy (non-hydrogen) atoms. The van der Waals surface area contributed by atoms with Crippen LogP contribution in [0.4, 0.5) is 11.4 Å². The fourth-order valence-corrected chi connectivity index (χ4v) is 4.61. The molecule has 4 aromatic rings. The molecule has 1 N–H and O–H groups in total. The van der Waals surface area contributed by atoms with Crippen LogP contribution < -0.4 is 5.32 Å². The summed E-state index contributed by atoms with van der Waals surface area (Å²) in [5.74, 6) is 1.73. The van der Waals surface area contributed by atoms with E-state index in [0.717, 1.165) is 28.9 Å². The molecule has 0 spiro atoms. The molecule has 0 aliphatic rings. The lowest BCUT2D eigenvalue weighted by molar-refractivity contribution is 0.103. The molecule has 0 aliphatic heterocycles. The highest BCUT2D eigenvalue weighted by Crippen LogP contribution is 2.34. The molecular formula is C34H37Cl2NO. The summed E-state index contributed by atoms with van der Waals surface area (Å²) in [5.41, 5.74) is 5.85. The Labute approximate surface area is 238 Å². The molecule has 0 fully saturated rings. The smallest absolute Gasteiger partial charge is 0.193 e. The lowest BCUT2D eigenvalue weighted by atomic mass is 9.88. The quantitative estimate of drug-likeness (QED) is 0.223. The van der Waals surface area contributed by atoms with Crippen LogP contribution in [0, 0.1) is 11.8 Å². The van der Waals surface area contributed by atoms with Gasteiger partial charge in [0.2, 0.25) is 0 Å². The molecule has 1 unspecified atom stereocenters. The van der Waals surface area contributed by atoms with Crippen LogP contribution in [0.1, 0.15) is 67.6 Å². The molecule has 0 radical (unpaired) electrons. The van der Waals surface area contributed by atoms with Gasteiger partial charge in [-0.1, -0.05) is 131 Å². The third-order valence-electron chi connectivity index (χ3n) is 6.58. The van der Waals surface area contributed by atoms with Crippen LogP contribution in [-0.4, -0.2) is 5.78 Å². The fraction of sp³-hybridized carbons (Fsp3) is 0.265. The summed E-state index contributed by atoms with van der Waals surface area (Å²) >= 11 is 12.4. The molecule has 0 aliphatic carbocycles. The summed E-state index contributed by atoms with van der Waals surface area (Å²) in [5, 5.41) is 4.61. The molecule has 0 saturated carbocycles. The Kier molecular flexibility index (Phi) is 11.0. The number of halogens is 2. The van der Waals surface area contributed by atoms with Crippen LogP contribution in [0.25, 0.3) is 0 Å². The van der Waals surface area contributed by atoms with Crippen molar-refractivity contribution in [3.05, 3.63) is 129 Å². The van der Waals surface area contributed by atoms with Gasteiger partial charge >= 0.3 is 0 Å². The summed E-state index contributed by atoms with van der Waals surface area (Å²) in [6, 6.07) is 31.2. The molecule has 0 saturated heterocycles. The maximum atomic E-state index is 12.4. The number of para-hydroxylation sites is 2. The number of hydrogen-bond donors (Lipinski definition) is 1. The van der Waals surface area contributed by atoms with E-state index in [-0.39, 0.29) is 5.78 Å². The van der Waals surface area contributed by atoms with E-state index in [1.165, 1.54) is 11.1 Å². The summed E-state index contributed by atoms with van der Waals surface area (Å²) in [6.07, 6.45) is 1.02. The van der Waals surface area contributed by atoms with Crippen LogP contribution in [0.3, 0.4) is 0 Å². The van der Waals surface area contributed by atoms with Crippen molar-refractivity contribution in [2.75, 3.05) is 5.32 Å². The molecule has 0 heterocycles. The number of carbonyl (C=O) groups excluding carboxylic acids is 1. The summed E-state index contributed by atoms with van der Waals surface area (Å²) < 4.78 is 0. The zero-order chi connectivity index (χ0) is 27.7. The van der Waals surface area contributed by atoms with Crippen molar-refractivity contribution in [1.82, 2.24) is 0 Å². The molecule has 4 heteroatoms. The normalized spacial score (nSPS) is 11.6. The van der Waals surface area contributed by atoms with E-state index in [0.29, 0.717) is 27.8 Å². The van der Waals surface area contributed by atoms with Crippen molar-refractivity contribution in [3.8, 4) is 0 Å². The van der Waals surface area contributed by atoms with Crippen molar-refractivity contribution >= 4 is 40.4 Å². The molecule has 0 aromatic heterocycles. The van der Waals surface area contributed by atoms with Crippen molar-refractivity contribution in [2.45, 2.75) is 47.0 Å². The Morgan fingerprint density at radius 2 is 1.29 bits per heavy atom. The lowest BCUT2D eigenvalue weighted by Gasteiger charge is -2.16. The van der Waals surface area contributed by atoms with E-state index < -0.39 is 0 Å². The second-order valence-corrected chi connectivity index (χ2v) is 11.1. The van der Waals surface area contributed by atoms with Crippen LogP contribution in [-0.2, 0) is 6.42 Å². The zero-order valence-corrected chi connectivity index (χ0v) is 24.4. The number of ketones is 1. The van der Waals surface area contributed by atoms with Gasteiger partial charge in [-0.25, -0.2) is 0 Å². The number of anilines is 2. The Balaban J connectivity index is 0.000000211. The summed E-state index contributed by atoms with van der Waals surface area (Å²) in [6.45, 7) is 11.0.